The van der Waals surface area contributed by atoms with Crippen LogP contribution in [0.5, 0.6) is 0 Å². The summed E-state index contributed by atoms with van der Waals surface area (Å²) < 4.78 is 27.0. The maximum absolute atomic E-state index is 12.9. The summed E-state index contributed by atoms with van der Waals surface area (Å²) in [6.45, 7) is 7.01. The molecule has 0 fully saturated rings. The van der Waals surface area contributed by atoms with Crippen LogP contribution in [0.1, 0.15) is 23.6 Å². The van der Waals surface area contributed by atoms with Gasteiger partial charge in [-0.25, -0.2) is 8.42 Å². The molecule has 6 heteroatoms. The van der Waals surface area contributed by atoms with Gasteiger partial charge in [0.05, 0.1) is 10.6 Å². The van der Waals surface area contributed by atoms with Gasteiger partial charge < -0.3 is 5.32 Å². The first-order valence-corrected chi connectivity index (χ1v) is 9.01. The van der Waals surface area contributed by atoms with E-state index in [2.05, 4.69) is 5.32 Å². The minimum atomic E-state index is -3.64. The van der Waals surface area contributed by atoms with E-state index in [-0.39, 0.29) is 10.8 Å². The molecule has 5 nitrogen and oxygen atoms in total. The average molecular weight is 346 g/mol. The second-order valence-corrected chi connectivity index (χ2v) is 7.89. The number of nitrogens with zero attached hydrogens (tertiary/aromatic N) is 1. The number of nitrogens with one attached hydrogen (secondary N) is 1. The van der Waals surface area contributed by atoms with E-state index in [0.717, 1.165) is 16.7 Å². The Morgan fingerprint density at radius 3 is 1.96 bits per heavy atom. The molecular formula is C18H22N2O3S. The number of carbonyl (C=O) groups is 1. The monoisotopic (exact) mass is 346 g/mol. The van der Waals surface area contributed by atoms with Gasteiger partial charge >= 0.3 is 0 Å². The molecule has 0 unspecified atom stereocenters. The lowest BCUT2D eigenvalue weighted by Crippen LogP contribution is -2.28. The SMILES string of the molecule is CC(=O)Nc1cc(C)c(N(C)S(=O)(=O)c2ccc(C)cc2)c(C)c1. The van der Waals surface area contributed by atoms with Crippen LogP contribution in [0.15, 0.2) is 41.3 Å². The van der Waals surface area contributed by atoms with Crippen LogP contribution in [0.25, 0.3) is 0 Å². The van der Waals surface area contributed by atoms with Crippen molar-refractivity contribution < 1.29 is 13.2 Å². The fourth-order valence-corrected chi connectivity index (χ4v) is 4.04. The van der Waals surface area contributed by atoms with Crippen molar-refractivity contribution >= 4 is 27.3 Å². The summed E-state index contributed by atoms with van der Waals surface area (Å²) in [5.41, 5.74) is 3.82. The quantitative estimate of drug-likeness (QED) is 0.923. The third kappa shape index (κ3) is 3.59. The van der Waals surface area contributed by atoms with Gasteiger partial charge in [-0.05, 0) is 56.2 Å². The number of rotatable bonds is 4. The predicted octanol–water partition coefficient (Wildman–Crippen LogP) is 3.40. The zero-order chi connectivity index (χ0) is 18.1. The molecular weight excluding hydrogens is 324 g/mol. The maximum Gasteiger partial charge on any atom is 0.264 e. The van der Waals surface area contributed by atoms with Crippen LogP contribution in [0.2, 0.25) is 0 Å². The normalized spacial score (nSPS) is 11.2. The van der Waals surface area contributed by atoms with Crippen molar-refractivity contribution in [3.8, 4) is 0 Å². The summed E-state index contributed by atoms with van der Waals surface area (Å²) in [6.07, 6.45) is 0. The molecule has 0 saturated carbocycles. The highest BCUT2D eigenvalue weighted by Gasteiger charge is 2.24. The van der Waals surface area contributed by atoms with Crippen LogP contribution < -0.4 is 9.62 Å². The molecule has 0 aliphatic rings. The third-order valence-corrected chi connectivity index (χ3v) is 5.58. The van der Waals surface area contributed by atoms with Crippen molar-refractivity contribution in [3.05, 3.63) is 53.1 Å². The van der Waals surface area contributed by atoms with E-state index in [1.807, 2.05) is 20.8 Å². The molecule has 0 aliphatic heterocycles. The fourth-order valence-electron chi connectivity index (χ4n) is 2.72. The lowest BCUT2D eigenvalue weighted by Gasteiger charge is -2.24. The highest BCUT2D eigenvalue weighted by atomic mass is 32.2. The Bertz CT molecular complexity index is 849. The van der Waals surface area contributed by atoms with Gasteiger partial charge in [0.1, 0.15) is 0 Å². The first-order valence-electron chi connectivity index (χ1n) is 7.57. The molecule has 0 atom stereocenters. The molecule has 0 saturated heterocycles. The molecule has 1 amide bonds. The van der Waals surface area contributed by atoms with E-state index in [0.29, 0.717) is 11.4 Å². The van der Waals surface area contributed by atoms with E-state index < -0.39 is 10.0 Å². The number of amides is 1. The summed E-state index contributed by atoms with van der Waals surface area (Å²) >= 11 is 0. The van der Waals surface area contributed by atoms with Gasteiger partial charge in [0, 0.05) is 19.7 Å². The summed E-state index contributed by atoms with van der Waals surface area (Å²) in [7, 11) is -2.10. The van der Waals surface area contributed by atoms with Crippen LogP contribution in [-0.4, -0.2) is 21.4 Å². The molecule has 0 radical (unpaired) electrons. The van der Waals surface area contributed by atoms with Crippen molar-refractivity contribution in [3.63, 3.8) is 0 Å². The zero-order valence-corrected chi connectivity index (χ0v) is 15.4. The van der Waals surface area contributed by atoms with Crippen LogP contribution in [0.3, 0.4) is 0 Å². The van der Waals surface area contributed by atoms with Crippen molar-refractivity contribution in [1.82, 2.24) is 0 Å². The molecule has 24 heavy (non-hydrogen) atoms. The number of benzene rings is 2. The largest absolute Gasteiger partial charge is 0.326 e. The second-order valence-electron chi connectivity index (χ2n) is 5.93. The third-order valence-electron chi connectivity index (χ3n) is 3.81. The van der Waals surface area contributed by atoms with Crippen molar-refractivity contribution in [2.45, 2.75) is 32.6 Å². The van der Waals surface area contributed by atoms with E-state index in [4.69, 9.17) is 0 Å². The van der Waals surface area contributed by atoms with Crippen molar-refractivity contribution in [2.75, 3.05) is 16.7 Å². The Balaban J connectivity index is 2.47. The number of hydrogen-bond donors (Lipinski definition) is 1. The van der Waals surface area contributed by atoms with Gasteiger partial charge in [-0.15, -0.1) is 0 Å². The molecule has 0 spiro atoms. The maximum atomic E-state index is 12.9. The molecule has 2 aromatic carbocycles. The van der Waals surface area contributed by atoms with E-state index in [9.17, 15) is 13.2 Å². The number of carbonyl (C=O) groups excluding carboxylic acids is 1. The van der Waals surface area contributed by atoms with Gasteiger partial charge in [0.25, 0.3) is 10.0 Å². The number of aryl methyl sites for hydroxylation is 3. The predicted molar refractivity (Wildman–Crippen MR) is 97.0 cm³/mol. The van der Waals surface area contributed by atoms with Gasteiger partial charge in [-0.1, -0.05) is 17.7 Å². The first kappa shape index (κ1) is 18.0. The molecule has 128 valence electrons. The molecule has 1 N–H and O–H groups in total. The molecule has 0 heterocycles. The number of anilines is 2. The molecule has 2 aromatic rings. The van der Waals surface area contributed by atoms with E-state index >= 15 is 0 Å². The highest BCUT2D eigenvalue weighted by Crippen LogP contribution is 2.31. The topological polar surface area (TPSA) is 66.5 Å². The lowest BCUT2D eigenvalue weighted by molar-refractivity contribution is -0.114. The van der Waals surface area contributed by atoms with E-state index in [1.165, 1.54) is 11.2 Å². The summed E-state index contributed by atoms with van der Waals surface area (Å²) in [6, 6.07) is 10.3. The van der Waals surface area contributed by atoms with Gasteiger partial charge in [-0.2, -0.15) is 0 Å². The smallest absolute Gasteiger partial charge is 0.264 e. The summed E-state index contributed by atoms with van der Waals surface area (Å²) in [4.78, 5) is 11.5. The number of hydrogen-bond acceptors (Lipinski definition) is 3. The molecule has 0 aromatic heterocycles. The van der Waals surface area contributed by atoms with Gasteiger partial charge in [0.15, 0.2) is 0 Å². The lowest BCUT2D eigenvalue weighted by atomic mass is 10.1. The summed E-state index contributed by atoms with van der Waals surface area (Å²) in [5.74, 6) is -0.165. The van der Waals surface area contributed by atoms with E-state index in [1.54, 1.807) is 43.4 Å². The molecule has 0 aliphatic carbocycles. The Morgan fingerprint density at radius 2 is 1.50 bits per heavy atom. The van der Waals surface area contributed by atoms with Crippen molar-refractivity contribution in [2.24, 2.45) is 0 Å². The van der Waals surface area contributed by atoms with Crippen LogP contribution in [-0.2, 0) is 14.8 Å². The van der Waals surface area contributed by atoms with Crippen LogP contribution in [0, 0.1) is 20.8 Å². The Kier molecular flexibility index (Phi) is 4.99. The van der Waals surface area contributed by atoms with Gasteiger partial charge in [0.2, 0.25) is 5.91 Å². The average Bonchev–Trinajstić information content (AvgIpc) is 2.46. The van der Waals surface area contributed by atoms with Crippen LogP contribution in [0.4, 0.5) is 11.4 Å². The number of sulfonamides is 1. The standard InChI is InChI=1S/C18H22N2O3S/c1-12-6-8-17(9-7-12)24(22,23)20(5)18-13(2)10-16(11-14(18)3)19-15(4)21/h6-11H,1-5H3,(H,19,21). The zero-order valence-electron chi connectivity index (χ0n) is 14.5. The highest BCUT2D eigenvalue weighted by molar-refractivity contribution is 7.92. The second kappa shape index (κ2) is 6.65. The minimum absolute atomic E-state index is 0.165. The van der Waals surface area contributed by atoms with Gasteiger partial charge in [-0.3, -0.25) is 9.10 Å². The minimum Gasteiger partial charge on any atom is -0.326 e. The first-order chi connectivity index (χ1) is 11.1. The van der Waals surface area contributed by atoms with Crippen LogP contribution >= 0.6 is 0 Å². The molecule has 0 bridgehead atoms. The molecule has 2 rings (SSSR count). The summed E-state index contributed by atoms with van der Waals surface area (Å²) in [5, 5.41) is 2.72. The Morgan fingerprint density at radius 1 is 1.00 bits per heavy atom. The Hall–Kier alpha value is -2.34. The fraction of sp³-hybridized carbons (Fsp3) is 0.278. The van der Waals surface area contributed by atoms with Crippen molar-refractivity contribution in [1.29, 1.82) is 0 Å². The Labute approximate surface area is 143 Å².